The minimum atomic E-state index is -0.240. The Balaban J connectivity index is 1.38. The summed E-state index contributed by atoms with van der Waals surface area (Å²) < 4.78 is 11.2. The number of likely N-dealkylation sites (tertiary alicyclic amines) is 1. The zero-order valence-electron chi connectivity index (χ0n) is 19.0. The molecule has 0 bridgehead atoms. The third-order valence-electron chi connectivity index (χ3n) is 6.01. The van der Waals surface area contributed by atoms with Crippen molar-refractivity contribution in [2.75, 3.05) is 32.1 Å². The first kappa shape index (κ1) is 23.4. The molecule has 0 radical (unpaired) electrons. The number of benzene rings is 2. The van der Waals surface area contributed by atoms with E-state index in [1.165, 1.54) is 7.11 Å². The highest BCUT2D eigenvalue weighted by atomic mass is 35.5. The van der Waals surface area contributed by atoms with Gasteiger partial charge in [0.2, 0.25) is 5.91 Å². The summed E-state index contributed by atoms with van der Waals surface area (Å²) in [6.07, 6.45) is 2.65. The molecule has 2 amide bonds. The van der Waals surface area contributed by atoms with Gasteiger partial charge >= 0.3 is 0 Å². The number of halogens is 1. The van der Waals surface area contributed by atoms with Gasteiger partial charge in [0.25, 0.3) is 5.91 Å². The number of nitrogens with one attached hydrogen (secondary N) is 2. The molecule has 0 unspecified atom stereocenters. The molecule has 33 heavy (non-hydrogen) atoms. The number of carbonyl (C=O) groups is 2. The van der Waals surface area contributed by atoms with Crippen LogP contribution in [0, 0.1) is 5.92 Å². The molecule has 4 rings (SSSR count). The first-order valence-corrected chi connectivity index (χ1v) is 11.8. The molecule has 2 aromatic carbocycles. The van der Waals surface area contributed by atoms with Gasteiger partial charge in [0.05, 0.1) is 30.0 Å². The molecule has 1 saturated heterocycles. The number of carbonyl (C=O) groups excluding carboxylic acids is 2. The smallest absolute Gasteiger partial charge is 0.255 e. The molecule has 0 aromatic heterocycles. The van der Waals surface area contributed by atoms with Crippen molar-refractivity contribution in [3.8, 4) is 11.5 Å². The van der Waals surface area contributed by atoms with Gasteiger partial charge in [-0.1, -0.05) is 29.8 Å². The van der Waals surface area contributed by atoms with Crippen LogP contribution in [0.2, 0.25) is 5.02 Å². The average molecular weight is 472 g/mol. The predicted molar refractivity (Wildman–Crippen MR) is 128 cm³/mol. The lowest BCUT2D eigenvalue weighted by Crippen LogP contribution is -2.37. The van der Waals surface area contributed by atoms with Gasteiger partial charge in [0, 0.05) is 43.2 Å². The summed E-state index contributed by atoms with van der Waals surface area (Å²) in [5, 5.41) is 6.25. The lowest BCUT2D eigenvalue weighted by molar-refractivity contribution is -0.117. The lowest BCUT2D eigenvalue weighted by Gasteiger charge is -2.19. The topological polar surface area (TPSA) is 79.9 Å². The van der Waals surface area contributed by atoms with E-state index in [9.17, 15) is 9.59 Å². The van der Waals surface area contributed by atoms with Crippen molar-refractivity contribution in [1.82, 2.24) is 10.2 Å². The van der Waals surface area contributed by atoms with E-state index < -0.39 is 0 Å². The Morgan fingerprint density at radius 1 is 1.15 bits per heavy atom. The standard InChI is InChI=1S/C25H30ClN3O4/c1-3-33-22-7-5-4-6-17(22)14-29-11-10-18(15-29)27-25(31)19-12-20(26)21(13-23(19)32-2)28-24(30)16-8-9-16/h4-7,12-13,16,18H,3,8-11,14-15H2,1-2H3,(H,27,31)(H,28,30)/t18-/m0/s1. The first-order valence-electron chi connectivity index (χ1n) is 11.4. The van der Waals surface area contributed by atoms with Gasteiger partial charge < -0.3 is 20.1 Å². The van der Waals surface area contributed by atoms with E-state index in [2.05, 4.69) is 21.6 Å². The number of anilines is 1. The zero-order valence-corrected chi connectivity index (χ0v) is 19.8. The SMILES string of the molecule is CCOc1ccccc1CN1CC[C@H](NC(=O)c2cc(Cl)c(NC(=O)C3CC3)cc2OC)C1. The second-order valence-electron chi connectivity index (χ2n) is 8.53. The van der Waals surface area contributed by atoms with Crippen LogP contribution in [0.3, 0.4) is 0 Å². The molecule has 1 heterocycles. The van der Waals surface area contributed by atoms with Crippen LogP contribution in [0.1, 0.15) is 42.1 Å². The maximum atomic E-state index is 13.0. The van der Waals surface area contributed by atoms with Crippen molar-refractivity contribution in [1.29, 1.82) is 0 Å². The van der Waals surface area contributed by atoms with Crippen LogP contribution in [0.5, 0.6) is 11.5 Å². The Kier molecular flexibility index (Phi) is 7.40. The Morgan fingerprint density at radius 3 is 2.67 bits per heavy atom. The van der Waals surface area contributed by atoms with Gasteiger partial charge in [0.1, 0.15) is 11.5 Å². The fourth-order valence-corrected chi connectivity index (χ4v) is 4.32. The molecule has 2 aromatic rings. The van der Waals surface area contributed by atoms with Crippen molar-refractivity contribution in [2.45, 2.75) is 38.8 Å². The Hall–Kier alpha value is -2.77. The van der Waals surface area contributed by atoms with Gasteiger partial charge in [-0.2, -0.15) is 0 Å². The van der Waals surface area contributed by atoms with E-state index in [1.54, 1.807) is 12.1 Å². The Labute approximate surface area is 199 Å². The van der Waals surface area contributed by atoms with E-state index in [0.717, 1.165) is 50.2 Å². The predicted octanol–water partition coefficient (Wildman–Crippen LogP) is 4.10. The van der Waals surface area contributed by atoms with Crippen molar-refractivity contribution in [3.63, 3.8) is 0 Å². The average Bonchev–Trinajstić information content (AvgIpc) is 3.57. The minimum absolute atomic E-state index is 0.0227. The van der Waals surface area contributed by atoms with Crippen LogP contribution in [-0.4, -0.2) is 49.6 Å². The number of hydrogen-bond acceptors (Lipinski definition) is 5. The van der Waals surface area contributed by atoms with Gasteiger partial charge in [-0.15, -0.1) is 0 Å². The summed E-state index contributed by atoms with van der Waals surface area (Å²) in [6, 6.07) is 11.2. The zero-order chi connectivity index (χ0) is 23.4. The van der Waals surface area contributed by atoms with Gasteiger partial charge in [0.15, 0.2) is 0 Å². The third-order valence-corrected chi connectivity index (χ3v) is 6.33. The maximum absolute atomic E-state index is 13.0. The molecule has 1 aliphatic carbocycles. The summed E-state index contributed by atoms with van der Waals surface area (Å²) >= 11 is 6.37. The van der Waals surface area contributed by atoms with Crippen molar-refractivity contribution >= 4 is 29.1 Å². The highest BCUT2D eigenvalue weighted by Gasteiger charge is 2.31. The minimum Gasteiger partial charge on any atom is -0.496 e. The largest absolute Gasteiger partial charge is 0.496 e. The van der Waals surface area contributed by atoms with Crippen LogP contribution in [0.4, 0.5) is 5.69 Å². The van der Waals surface area contributed by atoms with Crippen LogP contribution in [0.15, 0.2) is 36.4 Å². The quantitative estimate of drug-likeness (QED) is 0.575. The molecular formula is C25H30ClN3O4. The summed E-state index contributed by atoms with van der Waals surface area (Å²) in [4.78, 5) is 27.4. The number of hydrogen-bond donors (Lipinski definition) is 2. The van der Waals surface area contributed by atoms with E-state index in [1.807, 2.05) is 25.1 Å². The fraction of sp³-hybridized carbons (Fsp3) is 0.440. The molecule has 2 N–H and O–H groups in total. The highest BCUT2D eigenvalue weighted by Crippen LogP contribution is 2.34. The molecule has 1 atom stereocenters. The molecule has 7 nitrogen and oxygen atoms in total. The second-order valence-corrected chi connectivity index (χ2v) is 8.94. The number of ether oxygens (including phenoxy) is 2. The summed E-state index contributed by atoms with van der Waals surface area (Å²) in [6.45, 7) is 5.01. The second kappa shape index (κ2) is 10.4. The van der Waals surface area contributed by atoms with E-state index >= 15 is 0 Å². The van der Waals surface area contributed by atoms with Crippen LogP contribution < -0.4 is 20.1 Å². The van der Waals surface area contributed by atoms with Crippen molar-refractivity contribution < 1.29 is 19.1 Å². The van der Waals surface area contributed by atoms with Crippen LogP contribution in [0.25, 0.3) is 0 Å². The van der Waals surface area contributed by atoms with Crippen LogP contribution >= 0.6 is 11.6 Å². The number of rotatable bonds is 9. The lowest BCUT2D eigenvalue weighted by atomic mass is 10.1. The maximum Gasteiger partial charge on any atom is 0.255 e. The highest BCUT2D eigenvalue weighted by molar-refractivity contribution is 6.34. The van der Waals surface area contributed by atoms with Gasteiger partial charge in [-0.25, -0.2) is 0 Å². The normalized spacial score (nSPS) is 18.1. The monoisotopic (exact) mass is 471 g/mol. The van der Waals surface area contributed by atoms with E-state index in [-0.39, 0.29) is 23.8 Å². The van der Waals surface area contributed by atoms with Gasteiger partial charge in [-0.3, -0.25) is 14.5 Å². The Bertz CT molecular complexity index is 1020. The van der Waals surface area contributed by atoms with Crippen LogP contribution in [-0.2, 0) is 11.3 Å². The summed E-state index contributed by atoms with van der Waals surface area (Å²) in [5.41, 5.74) is 1.96. The van der Waals surface area contributed by atoms with E-state index in [4.69, 9.17) is 21.1 Å². The molecule has 2 fully saturated rings. The molecule has 0 spiro atoms. The molecule has 1 saturated carbocycles. The third kappa shape index (κ3) is 5.78. The first-order chi connectivity index (χ1) is 16.0. The molecule has 176 valence electrons. The Morgan fingerprint density at radius 2 is 1.94 bits per heavy atom. The number of para-hydroxylation sites is 1. The number of amides is 2. The molecule has 1 aliphatic heterocycles. The number of nitrogens with zero attached hydrogens (tertiary/aromatic N) is 1. The molecule has 2 aliphatic rings. The summed E-state index contributed by atoms with van der Waals surface area (Å²) in [5.74, 6) is 1.05. The van der Waals surface area contributed by atoms with Crippen molar-refractivity contribution in [3.05, 3.63) is 52.5 Å². The van der Waals surface area contributed by atoms with E-state index in [0.29, 0.717) is 28.6 Å². The number of methoxy groups -OCH3 is 1. The van der Waals surface area contributed by atoms with Gasteiger partial charge in [-0.05, 0) is 38.3 Å². The molecule has 8 heteroatoms. The molecular weight excluding hydrogens is 442 g/mol. The fourth-order valence-electron chi connectivity index (χ4n) is 4.10. The summed E-state index contributed by atoms with van der Waals surface area (Å²) in [7, 11) is 1.50. The van der Waals surface area contributed by atoms with Crippen molar-refractivity contribution in [2.24, 2.45) is 5.92 Å².